The van der Waals surface area contributed by atoms with Gasteiger partial charge in [-0.3, -0.25) is 9.59 Å². The van der Waals surface area contributed by atoms with E-state index in [2.05, 4.69) is 24.4 Å². The number of carbonyl (C=O) groups excluding carboxylic acids is 2. The van der Waals surface area contributed by atoms with E-state index in [1.54, 1.807) is 13.8 Å². The van der Waals surface area contributed by atoms with Crippen LogP contribution in [0.2, 0.25) is 0 Å². The van der Waals surface area contributed by atoms with Gasteiger partial charge >= 0.3 is 0 Å². The van der Waals surface area contributed by atoms with Crippen LogP contribution in [0.25, 0.3) is 0 Å². The first-order valence-electron chi connectivity index (χ1n) is 9.03. The molecule has 132 valence electrons. The number of hydrogen-bond acceptors (Lipinski definition) is 2. The van der Waals surface area contributed by atoms with Crippen molar-refractivity contribution in [1.82, 2.24) is 10.2 Å². The Morgan fingerprint density at radius 1 is 1.25 bits per heavy atom. The van der Waals surface area contributed by atoms with Crippen LogP contribution in [0, 0.1) is 11.3 Å². The maximum Gasteiger partial charge on any atom is 0.237 e. The van der Waals surface area contributed by atoms with E-state index in [9.17, 15) is 9.59 Å². The SMILES string of the molecule is CC1CCCN(C(=O)C(C)(C)C(=O)NCCCc2ccccc2)C1. The van der Waals surface area contributed by atoms with Gasteiger partial charge in [-0.25, -0.2) is 0 Å². The lowest BCUT2D eigenvalue weighted by Gasteiger charge is -2.36. The van der Waals surface area contributed by atoms with Crippen LogP contribution >= 0.6 is 0 Å². The van der Waals surface area contributed by atoms with E-state index in [0.29, 0.717) is 12.5 Å². The molecule has 1 aromatic carbocycles. The van der Waals surface area contributed by atoms with Crippen LogP contribution in [0.4, 0.5) is 0 Å². The fourth-order valence-electron chi connectivity index (χ4n) is 3.23. The van der Waals surface area contributed by atoms with Gasteiger partial charge in [0.05, 0.1) is 0 Å². The second-order valence-corrected chi connectivity index (χ2v) is 7.47. The molecule has 1 saturated heterocycles. The minimum atomic E-state index is -0.996. The van der Waals surface area contributed by atoms with E-state index < -0.39 is 5.41 Å². The van der Waals surface area contributed by atoms with E-state index in [4.69, 9.17) is 0 Å². The zero-order valence-corrected chi connectivity index (χ0v) is 15.2. The van der Waals surface area contributed by atoms with Gasteiger partial charge in [0.1, 0.15) is 5.41 Å². The molecule has 1 atom stereocenters. The number of nitrogens with one attached hydrogen (secondary N) is 1. The monoisotopic (exact) mass is 330 g/mol. The molecule has 0 aromatic heterocycles. The summed E-state index contributed by atoms with van der Waals surface area (Å²) in [7, 11) is 0. The molecule has 4 heteroatoms. The first-order valence-corrected chi connectivity index (χ1v) is 9.03. The number of carbonyl (C=O) groups is 2. The second-order valence-electron chi connectivity index (χ2n) is 7.47. The van der Waals surface area contributed by atoms with Crippen molar-refractivity contribution < 1.29 is 9.59 Å². The van der Waals surface area contributed by atoms with Crippen LogP contribution in [0.3, 0.4) is 0 Å². The number of benzene rings is 1. The third-order valence-corrected chi connectivity index (χ3v) is 4.82. The third kappa shape index (κ3) is 4.83. The number of likely N-dealkylation sites (tertiary alicyclic amines) is 1. The first-order chi connectivity index (χ1) is 11.4. The van der Waals surface area contributed by atoms with E-state index >= 15 is 0 Å². The van der Waals surface area contributed by atoms with Crippen molar-refractivity contribution in [3.63, 3.8) is 0 Å². The quantitative estimate of drug-likeness (QED) is 0.644. The van der Waals surface area contributed by atoms with Crippen molar-refractivity contribution in [2.75, 3.05) is 19.6 Å². The van der Waals surface area contributed by atoms with Gasteiger partial charge in [0.15, 0.2) is 0 Å². The molecule has 4 nitrogen and oxygen atoms in total. The smallest absolute Gasteiger partial charge is 0.237 e. The van der Waals surface area contributed by atoms with Gasteiger partial charge in [-0.2, -0.15) is 0 Å². The van der Waals surface area contributed by atoms with Crippen LogP contribution in [0.5, 0.6) is 0 Å². The summed E-state index contributed by atoms with van der Waals surface area (Å²) in [5.74, 6) is 0.306. The number of amides is 2. The number of hydrogen-bond donors (Lipinski definition) is 1. The summed E-state index contributed by atoms with van der Waals surface area (Å²) < 4.78 is 0. The fraction of sp³-hybridized carbons (Fsp3) is 0.600. The van der Waals surface area contributed by atoms with Gasteiger partial charge < -0.3 is 10.2 Å². The van der Waals surface area contributed by atoms with Gasteiger partial charge in [0.25, 0.3) is 0 Å². The summed E-state index contributed by atoms with van der Waals surface area (Å²) in [5.41, 5.74) is 0.272. The third-order valence-electron chi connectivity index (χ3n) is 4.82. The minimum Gasteiger partial charge on any atom is -0.355 e. The fourth-order valence-corrected chi connectivity index (χ4v) is 3.23. The summed E-state index contributed by atoms with van der Waals surface area (Å²) in [6, 6.07) is 10.2. The van der Waals surface area contributed by atoms with Crippen LogP contribution in [0.1, 0.15) is 45.6 Å². The summed E-state index contributed by atoms with van der Waals surface area (Å²) in [6.07, 6.45) is 4.00. The summed E-state index contributed by atoms with van der Waals surface area (Å²) >= 11 is 0. The van der Waals surface area contributed by atoms with Crippen LogP contribution < -0.4 is 5.32 Å². The van der Waals surface area contributed by atoms with E-state index in [1.807, 2.05) is 23.1 Å². The van der Waals surface area contributed by atoms with E-state index in [-0.39, 0.29) is 11.8 Å². The van der Waals surface area contributed by atoms with Crippen LogP contribution in [-0.2, 0) is 16.0 Å². The Balaban J connectivity index is 1.80. The molecule has 1 fully saturated rings. The normalized spacial score (nSPS) is 18.3. The maximum atomic E-state index is 12.7. The Bertz CT molecular complexity index is 554. The topological polar surface area (TPSA) is 49.4 Å². The molecule has 1 unspecified atom stereocenters. The standard InChI is InChI=1S/C20H30N2O2/c1-16-9-8-14-22(15-16)19(24)20(2,3)18(23)21-13-7-12-17-10-5-4-6-11-17/h4-6,10-11,16H,7-9,12-15H2,1-3H3,(H,21,23). The molecule has 1 heterocycles. The minimum absolute atomic E-state index is 0.0467. The number of rotatable bonds is 6. The molecule has 1 aliphatic heterocycles. The molecule has 0 spiro atoms. The molecule has 2 rings (SSSR count). The summed E-state index contributed by atoms with van der Waals surface area (Å²) in [6.45, 7) is 7.77. The lowest BCUT2D eigenvalue weighted by molar-refractivity contribution is -0.149. The Morgan fingerprint density at radius 2 is 1.96 bits per heavy atom. The lowest BCUT2D eigenvalue weighted by Crippen LogP contribution is -2.52. The van der Waals surface area contributed by atoms with Crippen LogP contribution in [0.15, 0.2) is 30.3 Å². The maximum absolute atomic E-state index is 12.7. The molecule has 24 heavy (non-hydrogen) atoms. The predicted molar refractivity (Wildman–Crippen MR) is 96.5 cm³/mol. The predicted octanol–water partition coefficient (Wildman–Crippen LogP) is 3.02. The average molecular weight is 330 g/mol. The van der Waals surface area contributed by atoms with Crippen molar-refractivity contribution >= 4 is 11.8 Å². The summed E-state index contributed by atoms with van der Waals surface area (Å²) in [4.78, 5) is 27.1. The highest BCUT2D eigenvalue weighted by molar-refractivity contribution is 6.04. The molecule has 0 bridgehead atoms. The Labute approximate surface area is 145 Å². The zero-order chi connectivity index (χ0) is 17.6. The van der Waals surface area contributed by atoms with Gasteiger partial charge in [-0.05, 0) is 51.0 Å². The van der Waals surface area contributed by atoms with Crippen molar-refractivity contribution in [3.05, 3.63) is 35.9 Å². The Kier molecular flexibility index (Phi) is 6.41. The highest BCUT2D eigenvalue weighted by Gasteiger charge is 2.39. The van der Waals surface area contributed by atoms with Crippen molar-refractivity contribution in [1.29, 1.82) is 0 Å². The van der Waals surface area contributed by atoms with Gasteiger partial charge in [-0.1, -0.05) is 37.3 Å². The van der Waals surface area contributed by atoms with E-state index in [0.717, 1.165) is 38.8 Å². The number of piperidine rings is 1. The van der Waals surface area contributed by atoms with E-state index in [1.165, 1.54) is 5.56 Å². The van der Waals surface area contributed by atoms with Gasteiger partial charge in [-0.15, -0.1) is 0 Å². The van der Waals surface area contributed by atoms with Crippen molar-refractivity contribution in [3.8, 4) is 0 Å². The Morgan fingerprint density at radius 3 is 2.62 bits per heavy atom. The Hall–Kier alpha value is -1.84. The van der Waals surface area contributed by atoms with Crippen LogP contribution in [-0.4, -0.2) is 36.3 Å². The molecular weight excluding hydrogens is 300 g/mol. The second kappa shape index (κ2) is 8.32. The molecule has 0 radical (unpaired) electrons. The highest BCUT2D eigenvalue weighted by atomic mass is 16.2. The first kappa shape index (κ1) is 18.5. The summed E-state index contributed by atoms with van der Waals surface area (Å²) in [5, 5.41) is 2.94. The molecule has 0 saturated carbocycles. The van der Waals surface area contributed by atoms with Crippen molar-refractivity contribution in [2.24, 2.45) is 11.3 Å². The lowest BCUT2D eigenvalue weighted by atomic mass is 9.88. The average Bonchev–Trinajstić information content (AvgIpc) is 2.58. The molecule has 2 amide bonds. The van der Waals surface area contributed by atoms with Gasteiger partial charge in [0.2, 0.25) is 11.8 Å². The molecule has 1 aliphatic rings. The zero-order valence-electron chi connectivity index (χ0n) is 15.2. The number of aryl methyl sites for hydroxylation is 1. The highest BCUT2D eigenvalue weighted by Crippen LogP contribution is 2.24. The van der Waals surface area contributed by atoms with Gasteiger partial charge in [0, 0.05) is 19.6 Å². The molecular formula is C20H30N2O2. The molecule has 1 aromatic rings. The largest absolute Gasteiger partial charge is 0.355 e. The molecule has 0 aliphatic carbocycles. The van der Waals surface area contributed by atoms with Crippen molar-refractivity contribution in [2.45, 2.75) is 46.5 Å². The molecule has 1 N–H and O–H groups in total. The number of nitrogens with zero attached hydrogens (tertiary/aromatic N) is 1.